The molecule has 0 aliphatic heterocycles. The number of nitrogens with one attached hydrogen (secondary N) is 2. The van der Waals surface area contributed by atoms with Crippen LogP contribution in [-0.2, 0) is 6.54 Å². The number of aromatic nitrogens is 2. The fourth-order valence-electron chi connectivity index (χ4n) is 2.22. The Balaban J connectivity index is 1.66. The van der Waals surface area contributed by atoms with Gasteiger partial charge in [0.2, 0.25) is 5.88 Å². The van der Waals surface area contributed by atoms with Crippen LogP contribution < -0.4 is 20.1 Å². The van der Waals surface area contributed by atoms with Crippen LogP contribution >= 0.6 is 11.3 Å². The molecule has 0 aliphatic rings. The van der Waals surface area contributed by atoms with Crippen molar-refractivity contribution in [3.63, 3.8) is 0 Å². The average molecular weight is 384 g/mol. The number of pyridine rings is 1. The van der Waals surface area contributed by atoms with Crippen molar-refractivity contribution in [2.75, 3.05) is 11.9 Å². The van der Waals surface area contributed by atoms with Crippen LogP contribution in [0.2, 0.25) is 0 Å². The van der Waals surface area contributed by atoms with E-state index in [0.29, 0.717) is 29.1 Å². The van der Waals surface area contributed by atoms with Crippen molar-refractivity contribution in [2.24, 2.45) is 0 Å². The van der Waals surface area contributed by atoms with E-state index in [1.165, 1.54) is 11.3 Å². The van der Waals surface area contributed by atoms with Gasteiger partial charge >= 0.3 is 6.03 Å². The molecule has 0 saturated heterocycles. The van der Waals surface area contributed by atoms with E-state index >= 15 is 0 Å². The predicted molar refractivity (Wildman–Crippen MR) is 105 cm³/mol. The van der Waals surface area contributed by atoms with E-state index in [4.69, 9.17) is 9.47 Å². The molecule has 2 heterocycles. The summed E-state index contributed by atoms with van der Waals surface area (Å²) in [5.41, 5.74) is 0.747. The lowest BCUT2D eigenvalue weighted by Crippen LogP contribution is -2.28. The van der Waals surface area contributed by atoms with Crippen LogP contribution in [0.4, 0.5) is 9.93 Å². The van der Waals surface area contributed by atoms with Gasteiger partial charge < -0.3 is 14.8 Å². The fraction of sp³-hybridized carbons (Fsp3) is 0.211. The Bertz CT molecular complexity index is 871. The molecule has 0 atom stereocenters. The molecule has 0 fully saturated rings. The second kappa shape index (κ2) is 9.54. The number of carbonyl (C=O) groups excluding carboxylic acids is 1. The lowest BCUT2D eigenvalue weighted by molar-refractivity contribution is 0.251. The van der Waals surface area contributed by atoms with E-state index in [2.05, 4.69) is 20.6 Å². The second-order valence-electron chi connectivity index (χ2n) is 5.51. The Morgan fingerprint density at radius 2 is 1.96 bits per heavy atom. The summed E-state index contributed by atoms with van der Waals surface area (Å²) >= 11 is 1.35. The molecule has 3 rings (SSSR count). The van der Waals surface area contributed by atoms with Crippen molar-refractivity contribution in [3.05, 3.63) is 59.7 Å². The van der Waals surface area contributed by atoms with Crippen molar-refractivity contribution >= 4 is 22.5 Å². The summed E-state index contributed by atoms with van der Waals surface area (Å²) in [6.45, 7) is 2.91. The number of carbonyl (C=O) groups is 1. The number of hydrogen-bond acceptors (Lipinski definition) is 6. The number of thiazole rings is 1. The first-order valence-corrected chi connectivity index (χ1v) is 9.42. The van der Waals surface area contributed by atoms with E-state index < -0.39 is 0 Å². The largest absolute Gasteiger partial charge is 0.490 e. The van der Waals surface area contributed by atoms with Gasteiger partial charge in [-0.2, -0.15) is 0 Å². The molecule has 0 unspecified atom stereocenters. The summed E-state index contributed by atoms with van der Waals surface area (Å²) in [6.07, 6.45) is 4.18. The van der Waals surface area contributed by atoms with Gasteiger partial charge in [-0.3, -0.25) is 5.32 Å². The molecule has 1 aromatic carbocycles. The maximum atomic E-state index is 12.0. The van der Waals surface area contributed by atoms with Crippen molar-refractivity contribution < 1.29 is 14.3 Å². The number of hydrogen-bond donors (Lipinski definition) is 2. The van der Waals surface area contributed by atoms with E-state index in [1.54, 1.807) is 23.8 Å². The lowest BCUT2D eigenvalue weighted by Gasteiger charge is -2.14. The quantitative estimate of drug-likeness (QED) is 0.600. The Labute approximate surface area is 161 Å². The van der Waals surface area contributed by atoms with Gasteiger partial charge in [0, 0.05) is 29.9 Å². The maximum Gasteiger partial charge on any atom is 0.321 e. The molecule has 7 nitrogen and oxygen atoms in total. The Morgan fingerprint density at radius 3 is 2.74 bits per heavy atom. The van der Waals surface area contributed by atoms with Gasteiger partial charge in [-0.25, -0.2) is 14.8 Å². The summed E-state index contributed by atoms with van der Waals surface area (Å²) in [5.74, 6) is 1.66. The lowest BCUT2D eigenvalue weighted by atomic mass is 10.2. The Kier molecular flexibility index (Phi) is 6.59. The van der Waals surface area contributed by atoms with Crippen molar-refractivity contribution in [3.8, 4) is 17.4 Å². The average Bonchev–Trinajstić information content (AvgIpc) is 3.19. The zero-order valence-corrected chi connectivity index (χ0v) is 15.7. The fourth-order valence-corrected chi connectivity index (χ4v) is 2.75. The van der Waals surface area contributed by atoms with Crippen LogP contribution in [0.25, 0.3) is 0 Å². The predicted octanol–water partition coefficient (Wildman–Crippen LogP) is 4.44. The summed E-state index contributed by atoms with van der Waals surface area (Å²) < 4.78 is 11.7. The first kappa shape index (κ1) is 18.7. The molecule has 3 aromatic rings. The standard InChI is InChI=1S/C19H20N4O3S/c1-2-11-25-15-7-3-4-8-16(15)26-17-14(6-5-9-20-17)13-22-18(24)23-19-21-10-12-27-19/h3-10,12H,2,11,13H2,1H3,(H2,21,22,23,24). The number of ether oxygens (including phenoxy) is 2. The van der Waals surface area contributed by atoms with Gasteiger partial charge in [0.1, 0.15) is 0 Å². The third kappa shape index (κ3) is 5.42. The molecule has 2 aromatic heterocycles. The van der Waals surface area contributed by atoms with Crippen molar-refractivity contribution in [1.29, 1.82) is 0 Å². The minimum Gasteiger partial charge on any atom is -0.490 e. The highest BCUT2D eigenvalue weighted by atomic mass is 32.1. The highest BCUT2D eigenvalue weighted by molar-refractivity contribution is 7.13. The third-order valence-electron chi connectivity index (χ3n) is 3.46. The molecule has 0 aliphatic carbocycles. The van der Waals surface area contributed by atoms with E-state index in [-0.39, 0.29) is 12.6 Å². The first-order valence-electron chi connectivity index (χ1n) is 8.54. The third-order valence-corrected chi connectivity index (χ3v) is 4.15. The zero-order valence-electron chi connectivity index (χ0n) is 14.8. The Hall–Kier alpha value is -3.13. The van der Waals surface area contributed by atoms with Crippen molar-refractivity contribution in [1.82, 2.24) is 15.3 Å². The monoisotopic (exact) mass is 384 g/mol. The first-order chi connectivity index (χ1) is 13.3. The molecule has 2 N–H and O–H groups in total. The molecular formula is C19H20N4O3S. The second-order valence-corrected chi connectivity index (χ2v) is 6.40. The highest BCUT2D eigenvalue weighted by Gasteiger charge is 2.11. The summed E-state index contributed by atoms with van der Waals surface area (Å²) in [4.78, 5) is 20.3. The SMILES string of the molecule is CCCOc1ccccc1Oc1ncccc1CNC(=O)Nc1nccs1. The molecule has 0 saturated carbocycles. The van der Waals surface area contributed by atoms with Gasteiger partial charge in [0.25, 0.3) is 0 Å². The minimum absolute atomic E-state index is 0.262. The topological polar surface area (TPSA) is 85.4 Å². The van der Waals surface area contributed by atoms with Crippen LogP contribution in [0.15, 0.2) is 54.2 Å². The van der Waals surface area contributed by atoms with Gasteiger partial charge in [-0.05, 0) is 24.6 Å². The zero-order chi connectivity index (χ0) is 18.9. The smallest absolute Gasteiger partial charge is 0.321 e. The van der Waals surface area contributed by atoms with Crippen molar-refractivity contribution in [2.45, 2.75) is 19.9 Å². The van der Waals surface area contributed by atoms with Gasteiger partial charge in [0.05, 0.1) is 6.61 Å². The molecule has 0 bridgehead atoms. The molecule has 8 heteroatoms. The molecule has 0 radical (unpaired) electrons. The van der Waals surface area contributed by atoms with Crippen LogP contribution in [-0.4, -0.2) is 22.6 Å². The number of amides is 2. The molecule has 27 heavy (non-hydrogen) atoms. The maximum absolute atomic E-state index is 12.0. The van der Waals surface area contributed by atoms with Gasteiger partial charge in [-0.15, -0.1) is 11.3 Å². The van der Waals surface area contributed by atoms with Crippen LogP contribution in [0.3, 0.4) is 0 Å². The van der Waals surface area contributed by atoms with Crippen LogP contribution in [0.1, 0.15) is 18.9 Å². The summed E-state index contributed by atoms with van der Waals surface area (Å²) in [5, 5.41) is 7.78. The molecule has 140 valence electrons. The van der Waals surface area contributed by atoms with Gasteiger partial charge in [0.15, 0.2) is 16.6 Å². The minimum atomic E-state index is -0.341. The van der Waals surface area contributed by atoms with Crippen LogP contribution in [0, 0.1) is 0 Å². The van der Waals surface area contributed by atoms with E-state index in [0.717, 1.165) is 12.0 Å². The number of para-hydroxylation sites is 2. The normalized spacial score (nSPS) is 10.3. The number of urea groups is 1. The molecule has 0 spiro atoms. The Morgan fingerprint density at radius 1 is 1.11 bits per heavy atom. The van der Waals surface area contributed by atoms with Gasteiger partial charge in [-0.1, -0.05) is 25.1 Å². The molecular weight excluding hydrogens is 364 g/mol. The number of rotatable bonds is 8. The van der Waals surface area contributed by atoms with Crippen LogP contribution in [0.5, 0.6) is 17.4 Å². The highest BCUT2D eigenvalue weighted by Crippen LogP contribution is 2.31. The van der Waals surface area contributed by atoms with E-state index in [9.17, 15) is 4.79 Å². The summed E-state index contributed by atoms with van der Waals surface area (Å²) in [6, 6.07) is 10.7. The molecule has 2 amide bonds. The number of anilines is 1. The van der Waals surface area contributed by atoms with E-state index in [1.807, 2.05) is 37.3 Å². The number of nitrogens with zero attached hydrogens (tertiary/aromatic N) is 2. The summed E-state index contributed by atoms with van der Waals surface area (Å²) in [7, 11) is 0. The number of benzene rings is 1.